The van der Waals surface area contributed by atoms with Crippen molar-refractivity contribution >= 4 is 12.1 Å². The van der Waals surface area contributed by atoms with Crippen LogP contribution in [0.5, 0.6) is 11.5 Å². The van der Waals surface area contributed by atoms with Crippen molar-refractivity contribution in [3.63, 3.8) is 0 Å². The Morgan fingerprint density at radius 2 is 1.92 bits per heavy atom. The highest BCUT2D eigenvalue weighted by molar-refractivity contribution is 5.80. The summed E-state index contributed by atoms with van der Waals surface area (Å²) < 4.78 is 16.3. The maximum Gasteiger partial charge on any atom is 0.408 e. The monoisotopic (exact) mass is 366 g/mol. The van der Waals surface area contributed by atoms with Crippen LogP contribution in [0, 0.1) is 0 Å². The van der Waals surface area contributed by atoms with Gasteiger partial charge in [0.15, 0.2) is 11.5 Å². The highest BCUT2D eigenvalue weighted by atomic mass is 16.6. The second kappa shape index (κ2) is 8.27. The van der Waals surface area contributed by atoms with Crippen LogP contribution in [0.15, 0.2) is 18.2 Å². The fourth-order valence-electron chi connectivity index (χ4n) is 2.47. The summed E-state index contributed by atoms with van der Waals surface area (Å²) in [6, 6.07) is 3.49. The summed E-state index contributed by atoms with van der Waals surface area (Å²) in [7, 11) is 0. The second-order valence-corrected chi connectivity index (χ2v) is 7.14. The molecule has 4 N–H and O–H groups in total. The van der Waals surface area contributed by atoms with E-state index >= 15 is 0 Å². The summed E-state index contributed by atoms with van der Waals surface area (Å²) in [5.74, 6) is 0.0446. The molecule has 2 rings (SSSR count). The molecule has 0 radical (unpaired) electrons. The molecule has 1 aliphatic rings. The molecule has 144 valence electrons. The van der Waals surface area contributed by atoms with Crippen LogP contribution in [0.4, 0.5) is 4.79 Å². The number of aliphatic carboxylic acids is 1. The lowest BCUT2D eigenvalue weighted by Crippen LogP contribution is -2.44. The fraction of sp³-hybridized carbons (Fsp3) is 0.556. The van der Waals surface area contributed by atoms with E-state index in [2.05, 4.69) is 5.32 Å². The zero-order chi connectivity index (χ0) is 19.3. The predicted octanol–water partition coefficient (Wildman–Crippen LogP) is 2.22. The quantitative estimate of drug-likeness (QED) is 0.730. The number of carboxylic acid groups (broad SMARTS) is 1. The summed E-state index contributed by atoms with van der Waals surface area (Å²) in [6.07, 6.45) is 0.00122. The SMILES string of the molecule is CC(C)(C)OC(=O)NC(CC(N)c1ccc2c(c1)OCCCO2)C(=O)O. The molecule has 0 saturated heterocycles. The number of hydrogen-bond acceptors (Lipinski definition) is 6. The van der Waals surface area contributed by atoms with Crippen LogP contribution in [0.3, 0.4) is 0 Å². The zero-order valence-corrected chi connectivity index (χ0v) is 15.3. The first-order valence-electron chi connectivity index (χ1n) is 8.53. The number of nitrogens with two attached hydrogens (primary N) is 1. The van der Waals surface area contributed by atoms with E-state index in [4.69, 9.17) is 19.9 Å². The molecule has 2 atom stereocenters. The van der Waals surface area contributed by atoms with E-state index in [1.54, 1.807) is 39.0 Å². The number of rotatable bonds is 5. The first-order chi connectivity index (χ1) is 12.2. The molecule has 0 bridgehead atoms. The number of ether oxygens (including phenoxy) is 3. The third-order valence-electron chi connectivity index (χ3n) is 3.68. The number of benzene rings is 1. The van der Waals surface area contributed by atoms with Crippen LogP contribution >= 0.6 is 0 Å². The van der Waals surface area contributed by atoms with Gasteiger partial charge in [0.2, 0.25) is 0 Å². The minimum Gasteiger partial charge on any atom is -0.490 e. The van der Waals surface area contributed by atoms with Crippen molar-refractivity contribution in [3.8, 4) is 11.5 Å². The maximum absolute atomic E-state index is 11.8. The van der Waals surface area contributed by atoms with Crippen LogP contribution in [0.25, 0.3) is 0 Å². The summed E-state index contributed by atoms with van der Waals surface area (Å²) in [4.78, 5) is 23.3. The first kappa shape index (κ1) is 19.8. The standard InChI is InChI=1S/C18H26N2O6/c1-18(2,3)26-17(23)20-13(16(21)22)10-12(19)11-5-6-14-15(9-11)25-8-4-7-24-14/h5-6,9,12-13H,4,7-8,10,19H2,1-3H3,(H,20,23)(H,21,22). The Bertz CT molecular complexity index is 656. The number of nitrogens with one attached hydrogen (secondary N) is 1. The number of carbonyl (C=O) groups is 2. The van der Waals surface area contributed by atoms with E-state index in [1.165, 1.54) is 0 Å². The Morgan fingerprint density at radius 1 is 1.27 bits per heavy atom. The van der Waals surface area contributed by atoms with E-state index in [0.29, 0.717) is 30.3 Å². The number of fused-ring (bicyclic) bond motifs is 1. The van der Waals surface area contributed by atoms with Gasteiger partial charge in [0.1, 0.15) is 11.6 Å². The average Bonchev–Trinajstić information content (AvgIpc) is 2.76. The molecule has 1 aromatic carbocycles. The summed E-state index contributed by atoms with van der Waals surface area (Å²) in [5.41, 5.74) is 6.14. The van der Waals surface area contributed by atoms with Crippen LogP contribution in [-0.4, -0.2) is 42.0 Å². The zero-order valence-electron chi connectivity index (χ0n) is 15.3. The highest BCUT2D eigenvalue weighted by Crippen LogP contribution is 2.32. The Balaban J connectivity index is 2.05. The lowest BCUT2D eigenvalue weighted by molar-refractivity contribution is -0.139. The van der Waals surface area contributed by atoms with Gasteiger partial charge < -0.3 is 30.4 Å². The Kier molecular flexibility index (Phi) is 6.31. The Labute approximate surface area is 152 Å². The van der Waals surface area contributed by atoms with E-state index in [0.717, 1.165) is 6.42 Å². The molecule has 0 aliphatic carbocycles. The van der Waals surface area contributed by atoms with Crippen molar-refractivity contribution in [2.24, 2.45) is 5.73 Å². The van der Waals surface area contributed by atoms with Crippen molar-refractivity contribution in [2.45, 2.75) is 51.3 Å². The lowest BCUT2D eigenvalue weighted by Gasteiger charge is -2.23. The third-order valence-corrected chi connectivity index (χ3v) is 3.68. The summed E-state index contributed by atoms with van der Waals surface area (Å²) in [6.45, 7) is 6.23. The third kappa shape index (κ3) is 5.80. The predicted molar refractivity (Wildman–Crippen MR) is 94.4 cm³/mol. The number of carboxylic acids is 1. The number of carbonyl (C=O) groups excluding carboxylic acids is 1. The molecule has 0 spiro atoms. The maximum atomic E-state index is 11.8. The van der Waals surface area contributed by atoms with E-state index < -0.39 is 29.7 Å². The highest BCUT2D eigenvalue weighted by Gasteiger charge is 2.26. The molecule has 8 heteroatoms. The van der Waals surface area contributed by atoms with Crippen molar-refractivity contribution in [1.29, 1.82) is 0 Å². The first-order valence-corrected chi connectivity index (χ1v) is 8.53. The Hall–Kier alpha value is -2.48. The normalized spacial score (nSPS) is 16.2. The van der Waals surface area contributed by atoms with E-state index in [-0.39, 0.29) is 6.42 Å². The molecule has 26 heavy (non-hydrogen) atoms. The average molecular weight is 366 g/mol. The van der Waals surface area contributed by atoms with Gasteiger partial charge in [0, 0.05) is 12.5 Å². The van der Waals surface area contributed by atoms with Gasteiger partial charge in [-0.25, -0.2) is 9.59 Å². The van der Waals surface area contributed by atoms with Gasteiger partial charge in [-0.05, 0) is 44.9 Å². The largest absolute Gasteiger partial charge is 0.490 e. The van der Waals surface area contributed by atoms with E-state index in [1.807, 2.05) is 0 Å². The van der Waals surface area contributed by atoms with Gasteiger partial charge in [0.05, 0.1) is 13.2 Å². The van der Waals surface area contributed by atoms with Crippen LogP contribution in [0.1, 0.15) is 45.2 Å². The van der Waals surface area contributed by atoms with Gasteiger partial charge >= 0.3 is 12.1 Å². The number of hydrogen-bond donors (Lipinski definition) is 3. The molecule has 1 amide bonds. The van der Waals surface area contributed by atoms with Gasteiger partial charge in [-0.2, -0.15) is 0 Å². The van der Waals surface area contributed by atoms with E-state index in [9.17, 15) is 14.7 Å². The number of amides is 1. The van der Waals surface area contributed by atoms with Crippen LogP contribution < -0.4 is 20.5 Å². The fourth-order valence-corrected chi connectivity index (χ4v) is 2.47. The molecule has 0 aromatic heterocycles. The van der Waals surface area contributed by atoms with Crippen molar-refractivity contribution in [1.82, 2.24) is 5.32 Å². The molecule has 1 aliphatic heterocycles. The van der Waals surface area contributed by atoms with Gasteiger partial charge in [0.25, 0.3) is 0 Å². The molecule has 0 saturated carbocycles. The van der Waals surface area contributed by atoms with Crippen molar-refractivity contribution in [3.05, 3.63) is 23.8 Å². The van der Waals surface area contributed by atoms with Gasteiger partial charge in [-0.15, -0.1) is 0 Å². The van der Waals surface area contributed by atoms with Crippen molar-refractivity contribution in [2.75, 3.05) is 13.2 Å². The van der Waals surface area contributed by atoms with Gasteiger partial charge in [-0.1, -0.05) is 6.07 Å². The minimum atomic E-state index is -1.18. The molecular weight excluding hydrogens is 340 g/mol. The Morgan fingerprint density at radius 3 is 2.54 bits per heavy atom. The number of alkyl carbamates (subject to hydrolysis) is 1. The molecule has 1 aromatic rings. The van der Waals surface area contributed by atoms with Crippen LogP contribution in [0.2, 0.25) is 0 Å². The lowest BCUT2D eigenvalue weighted by atomic mass is 9.99. The summed E-state index contributed by atoms with van der Waals surface area (Å²) in [5, 5.41) is 11.7. The molecule has 0 fully saturated rings. The van der Waals surface area contributed by atoms with Gasteiger partial charge in [-0.3, -0.25) is 0 Å². The molecule has 8 nitrogen and oxygen atoms in total. The minimum absolute atomic E-state index is 0.00815. The van der Waals surface area contributed by atoms with Crippen LogP contribution in [-0.2, 0) is 9.53 Å². The van der Waals surface area contributed by atoms with Crippen molar-refractivity contribution < 1.29 is 28.9 Å². The molecule has 1 heterocycles. The topological polar surface area (TPSA) is 120 Å². The molecule has 2 unspecified atom stereocenters. The second-order valence-electron chi connectivity index (χ2n) is 7.14. The summed E-state index contributed by atoms with van der Waals surface area (Å²) >= 11 is 0. The smallest absolute Gasteiger partial charge is 0.408 e. The molecular formula is C18H26N2O6.